The van der Waals surface area contributed by atoms with Crippen LogP contribution in [0.25, 0.3) is 0 Å². The van der Waals surface area contributed by atoms with Crippen LogP contribution in [-0.4, -0.2) is 36.1 Å². The maximum atomic E-state index is 3.80. The summed E-state index contributed by atoms with van der Waals surface area (Å²) in [7, 11) is 0. The Kier molecular flexibility index (Phi) is 6.35. The largest absolute Gasteiger partial charge is 0.311 e. The van der Waals surface area contributed by atoms with Gasteiger partial charge in [0.25, 0.3) is 0 Å². The van der Waals surface area contributed by atoms with Crippen LogP contribution in [0.5, 0.6) is 0 Å². The van der Waals surface area contributed by atoms with Gasteiger partial charge in [0.1, 0.15) is 0 Å². The first-order valence-electron chi connectivity index (χ1n) is 9.09. The van der Waals surface area contributed by atoms with Crippen LogP contribution in [-0.2, 0) is 0 Å². The van der Waals surface area contributed by atoms with E-state index in [9.17, 15) is 0 Å². The summed E-state index contributed by atoms with van der Waals surface area (Å²) in [5.74, 6) is 1.76. The second kappa shape index (κ2) is 7.79. The summed E-state index contributed by atoms with van der Waals surface area (Å²) >= 11 is 0. The minimum atomic E-state index is 0.721. The number of piperazine rings is 1. The second-order valence-corrected chi connectivity index (χ2v) is 7.76. The van der Waals surface area contributed by atoms with Crippen LogP contribution < -0.4 is 5.32 Å². The van der Waals surface area contributed by atoms with Crippen molar-refractivity contribution in [2.75, 3.05) is 13.1 Å². The van der Waals surface area contributed by atoms with Crippen LogP contribution in [0.3, 0.4) is 0 Å². The van der Waals surface area contributed by atoms with E-state index in [1.165, 1.54) is 58.0 Å². The average molecular weight is 280 g/mol. The summed E-state index contributed by atoms with van der Waals surface area (Å²) in [6.07, 6.45) is 9.85. The smallest absolute Gasteiger partial charge is 0.0221 e. The SMILES string of the molecule is CCC1CNC(CC(C)C)CN1C1CCCC(C)CC1. The van der Waals surface area contributed by atoms with Crippen LogP contribution in [0.1, 0.15) is 72.6 Å². The molecule has 0 aromatic carbocycles. The third kappa shape index (κ3) is 4.46. The molecule has 1 heterocycles. The van der Waals surface area contributed by atoms with Gasteiger partial charge in [0.15, 0.2) is 0 Å². The zero-order valence-electron chi connectivity index (χ0n) is 14.2. The molecule has 4 atom stereocenters. The Morgan fingerprint density at radius 3 is 2.65 bits per heavy atom. The summed E-state index contributed by atoms with van der Waals surface area (Å²) in [5, 5.41) is 3.80. The number of hydrogen-bond donors (Lipinski definition) is 1. The highest BCUT2D eigenvalue weighted by Gasteiger charge is 2.32. The van der Waals surface area contributed by atoms with Gasteiger partial charge in [-0.25, -0.2) is 0 Å². The van der Waals surface area contributed by atoms with Gasteiger partial charge in [-0.15, -0.1) is 0 Å². The van der Waals surface area contributed by atoms with Gasteiger partial charge in [0, 0.05) is 31.2 Å². The summed E-state index contributed by atoms with van der Waals surface area (Å²) in [5.41, 5.74) is 0. The Labute approximate surface area is 126 Å². The summed E-state index contributed by atoms with van der Waals surface area (Å²) < 4.78 is 0. The van der Waals surface area contributed by atoms with Crippen LogP contribution in [0.15, 0.2) is 0 Å². The molecule has 1 saturated carbocycles. The van der Waals surface area contributed by atoms with Crippen molar-refractivity contribution >= 4 is 0 Å². The van der Waals surface area contributed by atoms with Crippen LogP contribution in [0, 0.1) is 11.8 Å². The van der Waals surface area contributed by atoms with Gasteiger partial charge < -0.3 is 5.32 Å². The number of hydrogen-bond acceptors (Lipinski definition) is 2. The summed E-state index contributed by atoms with van der Waals surface area (Å²) in [6, 6.07) is 2.36. The second-order valence-electron chi connectivity index (χ2n) is 7.76. The lowest BCUT2D eigenvalue weighted by molar-refractivity contribution is 0.0652. The van der Waals surface area contributed by atoms with E-state index in [0.717, 1.165) is 30.0 Å². The predicted molar refractivity (Wildman–Crippen MR) is 88.1 cm³/mol. The normalized spacial score (nSPS) is 37.0. The van der Waals surface area contributed by atoms with Gasteiger partial charge in [-0.2, -0.15) is 0 Å². The highest BCUT2D eigenvalue weighted by Crippen LogP contribution is 2.29. The third-order valence-corrected chi connectivity index (χ3v) is 5.47. The van der Waals surface area contributed by atoms with Gasteiger partial charge in [0.05, 0.1) is 0 Å². The van der Waals surface area contributed by atoms with Gasteiger partial charge in [-0.05, 0) is 43.9 Å². The quantitative estimate of drug-likeness (QED) is 0.781. The lowest BCUT2D eigenvalue weighted by Gasteiger charge is -2.45. The minimum absolute atomic E-state index is 0.721. The Hall–Kier alpha value is -0.0800. The van der Waals surface area contributed by atoms with Crippen molar-refractivity contribution in [1.82, 2.24) is 10.2 Å². The van der Waals surface area contributed by atoms with Crippen molar-refractivity contribution in [3.05, 3.63) is 0 Å². The molecule has 2 nitrogen and oxygen atoms in total. The number of nitrogens with zero attached hydrogens (tertiary/aromatic N) is 1. The summed E-state index contributed by atoms with van der Waals surface area (Å²) in [4.78, 5) is 2.89. The minimum Gasteiger partial charge on any atom is -0.311 e. The molecule has 20 heavy (non-hydrogen) atoms. The molecule has 1 aliphatic heterocycles. The molecule has 2 heteroatoms. The molecule has 0 radical (unpaired) electrons. The Morgan fingerprint density at radius 2 is 1.95 bits per heavy atom. The highest BCUT2D eigenvalue weighted by atomic mass is 15.3. The van der Waals surface area contributed by atoms with Gasteiger partial charge >= 0.3 is 0 Å². The maximum Gasteiger partial charge on any atom is 0.0221 e. The fourth-order valence-electron chi connectivity index (χ4n) is 4.24. The van der Waals surface area contributed by atoms with Crippen molar-refractivity contribution < 1.29 is 0 Å². The molecule has 2 aliphatic rings. The topological polar surface area (TPSA) is 15.3 Å². The summed E-state index contributed by atoms with van der Waals surface area (Å²) in [6.45, 7) is 12.0. The van der Waals surface area contributed by atoms with Gasteiger partial charge in [-0.3, -0.25) is 4.90 Å². The van der Waals surface area contributed by atoms with Crippen molar-refractivity contribution in [3.63, 3.8) is 0 Å². The first-order valence-corrected chi connectivity index (χ1v) is 9.09. The van der Waals surface area contributed by atoms with E-state index in [1.54, 1.807) is 0 Å². The molecular formula is C18H36N2. The van der Waals surface area contributed by atoms with E-state index in [1.807, 2.05) is 0 Å². The fraction of sp³-hybridized carbons (Fsp3) is 1.00. The zero-order chi connectivity index (χ0) is 14.5. The first-order chi connectivity index (χ1) is 9.60. The fourth-order valence-corrected chi connectivity index (χ4v) is 4.24. The zero-order valence-corrected chi connectivity index (χ0v) is 14.2. The van der Waals surface area contributed by atoms with Crippen molar-refractivity contribution in [1.29, 1.82) is 0 Å². The standard InChI is InChI=1S/C18H36N2/c1-5-17-12-19-16(11-14(2)3)13-20(17)18-8-6-7-15(4)9-10-18/h14-19H,5-13H2,1-4H3. The van der Waals surface area contributed by atoms with Crippen molar-refractivity contribution in [2.24, 2.45) is 11.8 Å². The van der Waals surface area contributed by atoms with Gasteiger partial charge in [-0.1, -0.05) is 40.5 Å². The molecule has 1 saturated heterocycles. The lowest BCUT2D eigenvalue weighted by atomic mass is 9.95. The molecule has 4 unspecified atom stereocenters. The van der Waals surface area contributed by atoms with Crippen molar-refractivity contribution in [2.45, 2.75) is 90.8 Å². The van der Waals surface area contributed by atoms with E-state index in [4.69, 9.17) is 0 Å². The van der Waals surface area contributed by atoms with E-state index in [-0.39, 0.29) is 0 Å². The van der Waals surface area contributed by atoms with Crippen molar-refractivity contribution in [3.8, 4) is 0 Å². The molecule has 0 amide bonds. The Bertz CT molecular complexity index is 277. The molecule has 1 N–H and O–H groups in total. The highest BCUT2D eigenvalue weighted by molar-refractivity contribution is 4.90. The molecule has 118 valence electrons. The van der Waals surface area contributed by atoms with Crippen LogP contribution >= 0.6 is 0 Å². The molecule has 0 spiro atoms. The number of nitrogens with one attached hydrogen (secondary N) is 1. The monoisotopic (exact) mass is 280 g/mol. The predicted octanol–water partition coefficient (Wildman–Crippen LogP) is 4.05. The van der Waals surface area contributed by atoms with E-state index in [2.05, 4.69) is 37.9 Å². The third-order valence-electron chi connectivity index (χ3n) is 5.47. The Balaban J connectivity index is 1.96. The molecule has 0 aromatic rings. The molecule has 0 bridgehead atoms. The Morgan fingerprint density at radius 1 is 1.15 bits per heavy atom. The first kappa shape index (κ1) is 16.3. The molecule has 1 aliphatic carbocycles. The van der Waals surface area contributed by atoms with Crippen LogP contribution in [0.4, 0.5) is 0 Å². The average Bonchev–Trinajstić information content (AvgIpc) is 2.63. The van der Waals surface area contributed by atoms with E-state index in [0.29, 0.717) is 0 Å². The van der Waals surface area contributed by atoms with Gasteiger partial charge in [0.2, 0.25) is 0 Å². The molecule has 2 rings (SSSR count). The maximum absolute atomic E-state index is 3.80. The molecule has 2 fully saturated rings. The van der Waals surface area contributed by atoms with Crippen LogP contribution in [0.2, 0.25) is 0 Å². The number of rotatable bonds is 4. The lowest BCUT2D eigenvalue weighted by Crippen LogP contribution is -2.59. The van der Waals surface area contributed by atoms with E-state index < -0.39 is 0 Å². The molecular weight excluding hydrogens is 244 g/mol. The van der Waals surface area contributed by atoms with E-state index >= 15 is 0 Å². The molecule has 0 aromatic heterocycles.